The fraction of sp³-hybridized carbons (Fsp3) is 0.611. The minimum absolute atomic E-state index is 0.880. The molecule has 214 valence electrons. The molecule has 2 aliphatic carbocycles. The molecule has 1 saturated heterocycles. The maximum absolute atomic E-state index is 4.00. The van der Waals surface area contributed by atoms with Gasteiger partial charge in [-0.25, -0.2) is 0 Å². The molecule has 0 atom stereocenters. The Balaban J connectivity index is 0. The number of likely N-dealkylation sites (tertiary alicyclic amines) is 1. The summed E-state index contributed by atoms with van der Waals surface area (Å²) >= 11 is 3.53. The van der Waals surface area contributed by atoms with Crippen LogP contribution in [0.2, 0.25) is 0 Å². The van der Waals surface area contributed by atoms with Crippen molar-refractivity contribution in [2.45, 2.75) is 118 Å². The Morgan fingerprint density at radius 2 is 1.34 bits per heavy atom. The average molecular weight is 538 g/mol. The molecule has 1 aliphatic heterocycles. The van der Waals surface area contributed by atoms with E-state index in [0.29, 0.717) is 0 Å². The quantitative estimate of drug-likeness (QED) is 0.214. The highest BCUT2D eigenvalue weighted by molar-refractivity contribution is 7.79. The van der Waals surface area contributed by atoms with Crippen molar-refractivity contribution in [2.75, 3.05) is 19.3 Å². The SMILES string of the molecule is C#C.C1=C=C(CCc2ccc(CC3CCN(C4CCCCC4)CC3)cc2)C=CC=1.CC.CC.CCC.CS. The van der Waals surface area contributed by atoms with Crippen LogP contribution in [0.5, 0.6) is 0 Å². The van der Waals surface area contributed by atoms with Gasteiger partial charge in [-0.1, -0.05) is 109 Å². The van der Waals surface area contributed by atoms with E-state index in [4.69, 9.17) is 0 Å². The van der Waals surface area contributed by atoms with Crippen LogP contribution in [0.25, 0.3) is 0 Å². The third-order valence-electron chi connectivity index (χ3n) is 6.68. The van der Waals surface area contributed by atoms with E-state index in [-0.39, 0.29) is 0 Å². The van der Waals surface area contributed by atoms with Gasteiger partial charge < -0.3 is 4.90 Å². The monoisotopic (exact) mass is 537 g/mol. The molecule has 0 radical (unpaired) electrons. The number of hydrogen-bond donors (Lipinski definition) is 1. The molecule has 3 aliphatic rings. The summed E-state index contributed by atoms with van der Waals surface area (Å²) in [5, 5.41) is 0. The average Bonchev–Trinajstić information content (AvgIpc) is 3.03. The van der Waals surface area contributed by atoms with Crippen molar-refractivity contribution in [3.05, 3.63) is 70.7 Å². The van der Waals surface area contributed by atoms with Gasteiger partial charge in [0.15, 0.2) is 0 Å². The minimum Gasteiger partial charge on any atom is -0.300 e. The zero-order valence-electron chi connectivity index (χ0n) is 25.9. The second kappa shape index (κ2) is 28.1. The fourth-order valence-electron chi connectivity index (χ4n) is 4.96. The van der Waals surface area contributed by atoms with Crippen LogP contribution in [0.4, 0.5) is 0 Å². The smallest absolute Gasteiger partial charge is 0.00952 e. The second-order valence-electron chi connectivity index (χ2n) is 9.32. The van der Waals surface area contributed by atoms with Crippen LogP contribution in [-0.2, 0) is 12.8 Å². The Hall–Kier alpha value is -1.87. The second-order valence-corrected chi connectivity index (χ2v) is 9.32. The molecule has 0 N–H and O–H groups in total. The first-order chi connectivity index (χ1) is 18.8. The number of rotatable bonds is 6. The fourth-order valence-corrected chi connectivity index (χ4v) is 4.96. The molecule has 2 fully saturated rings. The van der Waals surface area contributed by atoms with Gasteiger partial charge in [0.1, 0.15) is 0 Å². The van der Waals surface area contributed by atoms with Crippen molar-refractivity contribution in [3.63, 3.8) is 0 Å². The van der Waals surface area contributed by atoms with Crippen LogP contribution in [0.1, 0.15) is 110 Å². The lowest BCUT2D eigenvalue weighted by molar-refractivity contribution is 0.107. The Bertz CT molecular complexity index is 789. The Morgan fingerprint density at radius 1 is 0.816 bits per heavy atom. The molecule has 4 rings (SSSR count). The third kappa shape index (κ3) is 16.9. The molecule has 0 amide bonds. The van der Waals surface area contributed by atoms with Crippen LogP contribution in [0.3, 0.4) is 0 Å². The van der Waals surface area contributed by atoms with Crippen molar-refractivity contribution in [1.29, 1.82) is 0 Å². The van der Waals surface area contributed by atoms with E-state index in [1.165, 1.54) is 87.6 Å². The van der Waals surface area contributed by atoms with Crippen molar-refractivity contribution >= 4 is 12.6 Å². The maximum atomic E-state index is 4.00. The zero-order valence-corrected chi connectivity index (χ0v) is 26.8. The zero-order chi connectivity index (χ0) is 29.0. The highest BCUT2D eigenvalue weighted by Gasteiger charge is 2.26. The van der Waals surface area contributed by atoms with Crippen LogP contribution in [0.15, 0.2) is 59.5 Å². The molecule has 38 heavy (non-hydrogen) atoms. The normalized spacial score (nSPS) is 16.3. The topological polar surface area (TPSA) is 3.24 Å². The third-order valence-corrected chi connectivity index (χ3v) is 6.68. The Kier molecular flexibility index (Phi) is 28.4. The van der Waals surface area contributed by atoms with E-state index in [2.05, 4.69) is 92.1 Å². The molecule has 0 bridgehead atoms. The van der Waals surface area contributed by atoms with Crippen molar-refractivity contribution in [2.24, 2.45) is 5.92 Å². The van der Waals surface area contributed by atoms with Gasteiger partial charge in [0.25, 0.3) is 0 Å². The summed E-state index contributed by atoms with van der Waals surface area (Å²) in [4.78, 5) is 2.80. The van der Waals surface area contributed by atoms with Gasteiger partial charge in [0.05, 0.1) is 0 Å². The van der Waals surface area contributed by atoms with Gasteiger partial charge >= 0.3 is 0 Å². The molecule has 1 aromatic rings. The summed E-state index contributed by atoms with van der Waals surface area (Å²) in [5.41, 5.74) is 10.5. The predicted octanol–water partition coefficient (Wildman–Crippen LogP) is 10.3. The molecule has 1 saturated carbocycles. The van der Waals surface area contributed by atoms with Gasteiger partial charge in [-0.2, -0.15) is 12.6 Å². The molecular formula is C36H59NS. The number of hydrogen-bond acceptors (Lipinski definition) is 2. The summed E-state index contributed by atoms with van der Waals surface area (Å²) in [5.74, 6) is 0.880. The first-order valence-electron chi connectivity index (χ1n) is 15.3. The minimum atomic E-state index is 0.880. The van der Waals surface area contributed by atoms with Crippen molar-refractivity contribution in [3.8, 4) is 12.8 Å². The van der Waals surface area contributed by atoms with E-state index < -0.39 is 0 Å². The van der Waals surface area contributed by atoms with E-state index in [0.717, 1.165) is 24.8 Å². The number of terminal acetylenes is 1. The van der Waals surface area contributed by atoms with Gasteiger partial charge in [-0.15, -0.1) is 12.8 Å². The first-order valence-corrected chi connectivity index (χ1v) is 16.1. The van der Waals surface area contributed by atoms with E-state index in [1.807, 2.05) is 33.8 Å². The highest BCUT2D eigenvalue weighted by atomic mass is 32.1. The van der Waals surface area contributed by atoms with Gasteiger partial charge in [0, 0.05) is 11.6 Å². The Morgan fingerprint density at radius 3 is 1.84 bits per heavy atom. The van der Waals surface area contributed by atoms with E-state index in [1.54, 1.807) is 6.26 Å². The van der Waals surface area contributed by atoms with E-state index >= 15 is 0 Å². The molecule has 0 unspecified atom stereocenters. The summed E-state index contributed by atoms with van der Waals surface area (Å²) in [6.45, 7) is 14.9. The van der Waals surface area contributed by atoms with Crippen molar-refractivity contribution < 1.29 is 0 Å². The summed E-state index contributed by atoms with van der Waals surface area (Å²) < 4.78 is 0. The maximum Gasteiger partial charge on any atom is 0.00952 e. The van der Waals surface area contributed by atoms with Crippen LogP contribution >= 0.6 is 12.6 Å². The Labute approximate surface area is 244 Å². The first kappa shape index (κ1) is 38.3. The molecule has 1 nitrogen and oxygen atoms in total. The van der Waals surface area contributed by atoms with Gasteiger partial charge in [-0.05, 0) is 93.5 Å². The lowest BCUT2D eigenvalue weighted by Crippen LogP contribution is -2.42. The molecule has 0 aromatic heterocycles. The number of thiol groups is 1. The number of allylic oxidation sites excluding steroid dienone is 4. The molecule has 1 aromatic carbocycles. The number of aryl methyl sites for hydroxylation is 1. The molecule has 0 spiro atoms. The molecule has 2 heteroatoms. The molecule has 1 heterocycles. The molecular weight excluding hydrogens is 478 g/mol. The number of piperidine rings is 1. The predicted molar refractivity (Wildman–Crippen MR) is 177 cm³/mol. The van der Waals surface area contributed by atoms with Gasteiger partial charge in [-0.3, -0.25) is 0 Å². The summed E-state index contributed by atoms with van der Waals surface area (Å²) in [6.07, 6.45) is 30.5. The van der Waals surface area contributed by atoms with E-state index in [9.17, 15) is 0 Å². The van der Waals surface area contributed by atoms with Crippen LogP contribution < -0.4 is 0 Å². The number of benzene rings is 1. The highest BCUT2D eigenvalue weighted by Crippen LogP contribution is 2.28. The summed E-state index contributed by atoms with van der Waals surface area (Å²) in [7, 11) is 0. The lowest BCUT2D eigenvalue weighted by atomic mass is 9.87. The standard InChI is InChI=1S/C26H33N.C3H8.2C2H6.C2H2.CH4S/c1-3-7-22(8-4-1)11-12-23-13-15-24(16-14-23)21-25-17-19-27(20-18-25)26-9-5-2-6-10-26;1-3-2;4*1-2/h1,3,7,13-16,25-26H,2,5-6,9-12,17-21H2;3H2,1-2H3;2*1-2H3;1-2H;2H,1H3. The van der Waals surface area contributed by atoms with Gasteiger partial charge in [0.2, 0.25) is 0 Å². The summed E-state index contributed by atoms with van der Waals surface area (Å²) in [6, 6.07) is 10.3. The largest absolute Gasteiger partial charge is 0.300 e. The van der Waals surface area contributed by atoms with Crippen LogP contribution in [0, 0.1) is 18.8 Å². The van der Waals surface area contributed by atoms with Crippen molar-refractivity contribution in [1.82, 2.24) is 4.90 Å². The van der Waals surface area contributed by atoms with Crippen LogP contribution in [-0.4, -0.2) is 30.3 Å². The number of nitrogens with zero attached hydrogens (tertiary/aromatic N) is 1. The lowest BCUT2D eigenvalue weighted by Gasteiger charge is -2.39.